The van der Waals surface area contributed by atoms with Crippen LogP contribution in [0.3, 0.4) is 0 Å². The van der Waals surface area contributed by atoms with Crippen LogP contribution in [-0.2, 0) is 16.1 Å². The summed E-state index contributed by atoms with van der Waals surface area (Å²) < 4.78 is 0. The standard InChI is InChI=1S/C20H29N3O2/c24-19(22-14-16-7-3-1-4-8-16)13-18-20(25)23(12-11-21-18)15-17-9-5-2-6-10-17/h2,5-6,9-10,16,18,21H,1,3-4,7-8,11-15H2,(H,22,24). The summed E-state index contributed by atoms with van der Waals surface area (Å²) in [6.45, 7) is 2.79. The number of hydrogen-bond acceptors (Lipinski definition) is 3. The third-order valence-corrected chi connectivity index (χ3v) is 5.30. The summed E-state index contributed by atoms with van der Waals surface area (Å²) in [4.78, 5) is 26.7. The van der Waals surface area contributed by atoms with Gasteiger partial charge in [-0.3, -0.25) is 9.59 Å². The van der Waals surface area contributed by atoms with Crippen molar-refractivity contribution in [2.75, 3.05) is 19.6 Å². The van der Waals surface area contributed by atoms with Crippen LogP contribution in [0.2, 0.25) is 0 Å². The number of amides is 2. The lowest BCUT2D eigenvalue weighted by Crippen LogP contribution is -2.55. The normalized spacial score (nSPS) is 22.0. The molecule has 0 spiro atoms. The zero-order valence-corrected chi connectivity index (χ0v) is 14.9. The van der Waals surface area contributed by atoms with Crippen molar-refractivity contribution in [3.8, 4) is 0 Å². The molecule has 1 aliphatic heterocycles. The van der Waals surface area contributed by atoms with E-state index < -0.39 is 6.04 Å². The van der Waals surface area contributed by atoms with Gasteiger partial charge >= 0.3 is 0 Å². The van der Waals surface area contributed by atoms with E-state index in [9.17, 15) is 9.59 Å². The SMILES string of the molecule is O=C(CC1NCCN(Cc2ccccc2)C1=O)NCC1CCCCC1. The molecule has 2 amide bonds. The van der Waals surface area contributed by atoms with Gasteiger partial charge in [0.2, 0.25) is 11.8 Å². The van der Waals surface area contributed by atoms with Gasteiger partial charge < -0.3 is 15.5 Å². The first kappa shape index (κ1) is 17.9. The highest BCUT2D eigenvalue weighted by atomic mass is 16.2. The number of carbonyl (C=O) groups is 2. The molecular formula is C20H29N3O2. The van der Waals surface area contributed by atoms with E-state index >= 15 is 0 Å². The number of hydrogen-bond donors (Lipinski definition) is 2. The Hall–Kier alpha value is -1.88. The van der Waals surface area contributed by atoms with Crippen molar-refractivity contribution in [2.24, 2.45) is 5.92 Å². The fourth-order valence-electron chi connectivity index (χ4n) is 3.82. The van der Waals surface area contributed by atoms with Crippen molar-refractivity contribution in [3.05, 3.63) is 35.9 Å². The average molecular weight is 343 g/mol. The first-order valence-corrected chi connectivity index (χ1v) is 9.55. The summed E-state index contributed by atoms with van der Waals surface area (Å²) in [5.41, 5.74) is 1.12. The maximum Gasteiger partial charge on any atom is 0.240 e. The number of nitrogens with one attached hydrogen (secondary N) is 2. The van der Waals surface area contributed by atoms with Gasteiger partial charge in [-0.05, 0) is 24.3 Å². The van der Waals surface area contributed by atoms with Gasteiger partial charge in [-0.1, -0.05) is 49.6 Å². The molecule has 2 N–H and O–H groups in total. The van der Waals surface area contributed by atoms with Crippen LogP contribution in [0.4, 0.5) is 0 Å². The molecule has 1 unspecified atom stereocenters. The summed E-state index contributed by atoms with van der Waals surface area (Å²) in [6, 6.07) is 9.60. The zero-order valence-electron chi connectivity index (χ0n) is 14.9. The Labute approximate surface area is 150 Å². The van der Waals surface area contributed by atoms with Gasteiger partial charge in [0.05, 0.1) is 12.5 Å². The Morgan fingerprint density at radius 1 is 1.16 bits per heavy atom. The highest BCUT2D eigenvalue weighted by molar-refractivity contribution is 5.88. The fraction of sp³-hybridized carbons (Fsp3) is 0.600. The predicted molar refractivity (Wildman–Crippen MR) is 97.9 cm³/mol. The number of nitrogens with zero attached hydrogens (tertiary/aromatic N) is 1. The van der Waals surface area contributed by atoms with Crippen LogP contribution >= 0.6 is 0 Å². The molecule has 136 valence electrons. The molecule has 0 radical (unpaired) electrons. The molecule has 3 rings (SSSR count). The lowest BCUT2D eigenvalue weighted by atomic mass is 9.89. The van der Waals surface area contributed by atoms with E-state index in [2.05, 4.69) is 10.6 Å². The first-order chi connectivity index (χ1) is 12.2. The molecule has 5 nitrogen and oxygen atoms in total. The van der Waals surface area contributed by atoms with Gasteiger partial charge in [0, 0.05) is 26.2 Å². The summed E-state index contributed by atoms with van der Waals surface area (Å²) in [5, 5.41) is 6.24. The second kappa shape index (κ2) is 8.99. The lowest BCUT2D eigenvalue weighted by molar-refractivity contribution is -0.138. The van der Waals surface area contributed by atoms with Crippen LogP contribution in [0.5, 0.6) is 0 Å². The van der Waals surface area contributed by atoms with Crippen LogP contribution in [0.15, 0.2) is 30.3 Å². The Balaban J connectivity index is 1.46. The second-order valence-corrected chi connectivity index (χ2v) is 7.26. The molecule has 0 aromatic heterocycles. The van der Waals surface area contributed by atoms with Crippen molar-refractivity contribution < 1.29 is 9.59 Å². The molecule has 0 bridgehead atoms. The maximum absolute atomic E-state index is 12.7. The molecule has 25 heavy (non-hydrogen) atoms. The summed E-state index contributed by atoms with van der Waals surface area (Å²) in [5.74, 6) is 0.628. The Morgan fingerprint density at radius 3 is 2.68 bits per heavy atom. The molecule has 2 aliphatic rings. The number of piperazine rings is 1. The van der Waals surface area contributed by atoms with Gasteiger partial charge in [0.25, 0.3) is 0 Å². The fourth-order valence-corrected chi connectivity index (χ4v) is 3.82. The largest absolute Gasteiger partial charge is 0.356 e. The van der Waals surface area contributed by atoms with Crippen molar-refractivity contribution in [1.29, 1.82) is 0 Å². The molecule has 1 saturated heterocycles. The minimum Gasteiger partial charge on any atom is -0.356 e. The second-order valence-electron chi connectivity index (χ2n) is 7.26. The first-order valence-electron chi connectivity index (χ1n) is 9.55. The third-order valence-electron chi connectivity index (χ3n) is 5.30. The van der Waals surface area contributed by atoms with E-state index in [0.717, 1.165) is 18.7 Å². The minimum atomic E-state index is -0.399. The summed E-state index contributed by atoms with van der Waals surface area (Å²) in [6.07, 6.45) is 6.53. The average Bonchev–Trinajstić information content (AvgIpc) is 2.65. The van der Waals surface area contributed by atoms with Gasteiger partial charge in [0.1, 0.15) is 0 Å². The Bertz CT molecular complexity index is 570. The van der Waals surface area contributed by atoms with Crippen LogP contribution in [0, 0.1) is 5.92 Å². The molecule has 2 fully saturated rings. The smallest absolute Gasteiger partial charge is 0.240 e. The summed E-state index contributed by atoms with van der Waals surface area (Å²) >= 11 is 0. The number of carbonyl (C=O) groups excluding carboxylic acids is 2. The van der Waals surface area contributed by atoms with Gasteiger partial charge in [-0.15, -0.1) is 0 Å². The Kier molecular flexibility index (Phi) is 6.45. The van der Waals surface area contributed by atoms with E-state index in [1.54, 1.807) is 0 Å². The van der Waals surface area contributed by atoms with Crippen molar-refractivity contribution >= 4 is 11.8 Å². The molecule has 1 atom stereocenters. The molecule has 1 saturated carbocycles. The highest BCUT2D eigenvalue weighted by Crippen LogP contribution is 2.22. The van der Waals surface area contributed by atoms with Crippen molar-refractivity contribution in [3.63, 3.8) is 0 Å². The molecular weight excluding hydrogens is 314 g/mol. The van der Waals surface area contributed by atoms with Crippen LogP contribution < -0.4 is 10.6 Å². The van der Waals surface area contributed by atoms with E-state index in [-0.39, 0.29) is 18.2 Å². The van der Waals surface area contributed by atoms with E-state index in [0.29, 0.717) is 19.0 Å². The molecule has 5 heteroatoms. The third kappa shape index (κ3) is 5.30. The van der Waals surface area contributed by atoms with Gasteiger partial charge in [-0.2, -0.15) is 0 Å². The zero-order chi connectivity index (χ0) is 17.5. The summed E-state index contributed by atoms with van der Waals surface area (Å²) in [7, 11) is 0. The maximum atomic E-state index is 12.7. The van der Waals surface area contributed by atoms with E-state index in [1.165, 1.54) is 32.1 Å². The Morgan fingerprint density at radius 2 is 1.92 bits per heavy atom. The molecule has 1 heterocycles. The van der Waals surface area contributed by atoms with Gasteiger partial charge in [0.15, 0.2) is 0 Å². The molecule has 1 aliphatic carbocycles. The van der Waals surface area contributed by atoms with E-state index in [1.807, 2.05) is 35.2 Å². The van der Waals surface area contributed by atoms with E-state index in [4.69, 9.17) is 0 Å². The lowest BCUT2D eigenvalue weighted by Gasteiger charge is -2.33. The van der Waals surface area contributed by atoms with Crippen molar-refractivity contribution in [1.82, 2.24) is 15.5 Å². The predicted octanol–water partition coefficient (Wildman–Crippen LogP) is 2.07. The highest BCUT2D eigenvalue weighted by Gasteiger charge is 2.30. The molecule has 1 aromatic carbocycles. The number of rotatable bonds is 6. The van der Waals surface area contributed by atoms with Crippen LogP contribution in [-0.4, -0.2) is 42.4 Å². The van der Waals surface area contributed by atoms with Gasteiger partial charge in [-0.25, -0.2) is 0 Å². The quantitative estimate of drug-likeness (QED) is 0.831. The molecule has 1 aromatic rings. The topological polar surface area (TPSA) is 61.4 Å². The monoisotopic (exact) mass is 343 g/mol. The number of benzene rings is 1. The minimum absolute atomic E-state index is 0.0158. The van der Waals surface area contributed by atoms with Crippen LogP contribution in [0.25, 0.3) is 0 Å². The van der Waals surface area contributed by atoms with Crippen LogP contribution in [0.1, 0.15) is 44.1 Å². The van der Waals surface area contributed by atoms with Crippen molar-refractivity contribution in [2.45, 2.75) is 51.1 Å².